The lowest BCUT2D eigenvalue weighted by Crippen LogP contribution is -2.45. The third-order valence-corrected chi connectivity index (χ3v) is 5.82. The first-order valence-electron chi connectivity index (χ1n) is 12.5. The van der Waals surface area contributed by atoms with Crippen LogP contribution in [0.25, 0.3) is 0 Å². The Bertz CT molecular complexity index is 695. The molecule has 4 unspecified atom stereocenters. The van der Waals surface area contributed by atoms with Crippen LogP contribution in [0.3, 0.4) is 0 Å². The van der Waals surface area contributed by atoms with E-state index in [4.69, 9.17) is 9.47 Å². The summed E-state index contributed by atoms with van der Waals surface area (Å²) in [6, 6.07) is 2.90. The summed E-state index contributed by atoms with van der Waals surface area (Å²) in [6.07, 6.45) is 3.39. The van der Waals surface area contributed by atoms with Crippen LogP contribution in [0.5, 0.6) is 0 Å². The van der Waals surface area contributed by atoms with Gasteiger partial charge in [-0.1, -0.05) is 13.8 Å². The van der Waals surface area contributed by atoms with Crippen LogP contribution in [0.4, 0.5) is 4.79 Å². The van der Waals surface area contributed by atoms with Crippen LogP contribution < -0.4 is 5.32 Å². The number of nitrogens with zero attached hydrogens (tertiary/aromatic N) is 6. The average molecular weight is 482 g/mol. The second kappa shape index (κ2) is 14.9. The number of amides is 2. The van der Waals surface area contributed by atoms with Crippen LogP contribution in [-0.4, -0.2) is 122 Å². The lowest BCUT2D eigenvalue weighted by molar-refractivity contribution is 0.138. The summed E-state index contributed by atoms with van der Waals surface area (Å²) in [6.45, 7) is 12.9. The minimum absolute atomic E-state index is 0.00962. The summed E-state index contributed by atoms with van der Waals surface area (Å²) in [5.41, 5.74) is 0. The second-order valence-electron chi connectivity index (χ2n) is 8.64. The van der Waals surface area contributed by atoms with Gasteiger partial charge in [-0.05, 0) is 26.7 Å². The number of urea groups is 1. The minimum atomic E-state index is -0.457. The van der Waals surface area contributed by atoms with Gasteiger partial charge >= 0.3 is 6.03 Å². The molecule has 11 nitrogen and oxygen atoms in total. The van der Waals surface area contributed by atoms with E-state index in [2.05, 4.69) is 33.2 Å². The highest BCUT2D eigenvalue weighted by Crippen LogP contribution is 2.23. The van der Waals surface area contributed by atoms with Crippen LogP contribution in [0.2, 0.25) is 0 Å². The van der Waals surface area contributed by atoms with Crippen molar-refractivity contribution in [3.63, 3.8) is 0 Å². The maximum Gasteiger partial charge on any atom is 0.321 e. The number of aliphatic imine (C=N–C) groups is 3. The summed E-state index contributed by atoms with van der Waals surface area (Å²) in [4.78, 5) is 30.2. The van der Waals surface area contributed by atoms with E-state index in [-0.39, 0.29) is 25.4 Å². The van der Waals surface area contributed by atoms with Gasteiger partial charge < -0.3 is 34.6 Å². The van der Waals surface area contributed by atoms with Crippen molar-refractivity contribution < 1.29 is 19.4 Å². The smallest absolute Gasteiger partial charge is 0.321 e. The van der Waals surface area contributed by atoms with Crippen LogP contribution in [0, 0.1) is 0 Å². The molecule has 0 aromatic rings. The highest BCUT2D eigenvalue weighted by Gasteiger charge is 2.33. The Kier molecular flexibility index (Phi) is 12.3. The number of aliphatic hydroxyl groups excluding tert-OH is 1. The van der Waals surface area contributed by atoms with Crippen molar-refractivity contribution in [3.05, 3.63) is 0 Å². The fourth-order valence-electron chi connectivity index (χ4n) is 3.51. The zero-order valence-corrected chi connectivity index (χ0v) is 21.4. The molecule has 0 aromatic heterocycles. The van der Waals surface area contributed by atoms with Crippen molar-refractivity contribution in [2.24, 2.45) is 15.0 Å². The third-order valence-electron chi connectivity index (χ3n) is 5.82. The van der Waals surface area contributed by atoms with E-state index in [1.807, 2.05) is 32.7 Å². The number of carbonyl (C=O) groups is 1. The fraction of sp³-hybridized carbons (Fsp3) is 0.870. The number of hydrogen-bond donors (Lipinski definition) is 2. The summed E-state index contributed by atoms with van der Waals surface area (Å²) in [5, 5.41) is 13.2. The molecular formula is C23H43N7O4. The zero-order valence-electron chi connectivity index (χ0n) is 21.4. The van der Waals surface area contributed by atoms with Gasteiger partial charge in [-0.15, -0.1) is 0 Å². The molecule has 3 aliphatic rings. The molecular weight excluding hydrogens is 438 g/mol. The van der Waals surface area contributed by atoms with Crippen LogP contribution >= 0.6 is 0 Å². The number of carbonyl (C=O) groups excluding carboxylic acids is 1. The highest BCUT2D eigenvalue weighted by atomic mass is 16.6. The Morgan fingerprint density at radius 2 is 1.91 bits per heavy atom. The number of likely N-dealkylation sites (N-methyl/N-ethyl adjacent to an activating group) is 1. The molecule has 3 heterocycles. The molecule has 0 radical (unpaired) electrons. The topological polar surface area (TPSA) is 121 Å². The number of aliphatic hydroxyl groups is 1. The Morgan fingerprint density at radius 1 is 1.24 bits per heavy atom. The third kappa shape index (κ3) is 9.97. The van der Waals surface area contributed by atoms with Gasteiger partial charge in [-0.2, -0.15) is 0 Å². The molecule has 3 aliphatic heterocycles. The number of rotatable bonds is 12. The summed E-state index contributed by atoms with van der Waals surface area (Å²) in [5.74, 6) is 0.709. The van der Waals surface area contributed by atoms with Crippen LogP contribution in [0.15, 0.2) is 15.0 Å². The maximum absolute atomic E-state index is 12.1. The predicted molar refractivity (Wildman–Crippen MR) is 132 cm³/mol. The maximum atomic E-state index is 12.1. The summed E-state index contributed by atoms with van der Waals surface area (Å²) >= 11 is 0. The van der Waals surface area contributed by atoms with Crippen LogP contribution in [-0.2, 0) is 9.47 Å². The average Bonchev–Trinajstić information content (AvgIpc) is 3.77. The van der Waals surface area contributed by atoms with Crippen LogP contribution in [0.1, 0.15) is 47.0 Å². The fourth-order valence-corrected chi connectivity index (χ4v) is 3.51. The monoisotopic (exact) mass is 481 g/mol. The van der Waals surface area contributed by atoms with Gasteiger partial charge in [0.1, 0.15) is 13.3 Å². The minimum Gasteiger partial charge on any atom is -0.391 e. The van der Waals surface area contributed by atoms with Crippen molar-refractivity contribution in [2.45, 2.75) is 71.3 Å². The number of hydrogen-bond acceptors (Lipinski definition) is 7. The molecule has 3 rings (SSSR count). The molecule has 3 fully saturated rings. The molecule has 194 valence electrons. The van der Waals surface area contributed by atoms with E-state index in [0.717, 1.165) is 32.6 Å². The number of guanidine groups is 1. The molecule has 2 N–H and O–H groups in total. The largest absolute Gasteiger partial charge is 0.391 e. The highest BCUT2D eigenvalue weighted by molar-refractivity contribution is 5.80. The second-order valence-corrected chi connectivity index (χ2v) is 8.64. The lowest BCUT2D eigenvalue weighted by atomic mass is 10.2. The molecule has 4 atom stereocenters. The van der Waals surface area contributed by atoms with Crippen molar-refractivity contribution in [1.82, 2.24) is 20.0 Å². The predicted octanol–water partition coefficient (Wildman–Crippen LogP) is 1.45. The van der Waals surface area contributed by atoms with E-state index in [9.17, 15) is 9.90 Å². The van der Waals surface area contributed by atoms with Gasteiger partial charge in [0.05, 0.1) is 43.6 Å². The molecule has 0 aromatic carbocycles. The number of ether oxygens (including phenoxy) is 2. The normalized spacial score (nSPS) is 24.1. The lowest BCUT2D eigenvalue weighted by Gasteiger charge is -2.26. The number of nitrogens with one attached hydrogen (secondary N) is 1. The Balaban J connectivity index is 0.000000485. The van der Waals surface area contributed by atoms with Gasteiger partial charge in [0.15, 0.2) is 5.96 Å². The SMILES string of the molecule is C1OC1CC1CO1.CCN=C(NCC)N(CN=C=NCN1CC(CC)N(C)C1=O)CC(O)CC. The van der Waals surface area contributed by atoms with E-state index >= 15 is 0 Å². The number of epoxide rings is 2. The van der Waals surface area contributed by atoms with E-state index < -0.39 is 6.10 Å². The molecule has 34 heavy (non-hydrogen) atoms. The van der Waals surface area contributed by atoms with Crippen molar-refractivity contribution >= 4 is 18.0 Å². The Morgan fingerprint density at radius 3 is 2.41 bits per heavy atom. The Hall–Kier alpha value is -2.20. The first kappa shape index (κ1) is 28.0. The van der Waals surface area contributed by atoms with Crippen molar-refractivity contribution in [3.8, 4) is 0 Å². The molecule has 3 saturated heterocycles. The molecule has 11 heteroatoms. The first-order valence-corrected chi connectivity index (χ1v) is 12.5. The zero-order chi connectivity index (χ0) is 24.9. The summed E-state index contributed by atoms with van der Waals surface area (Å²) in [7, 11) is 1.82. The van der Waals surface area contributed by atoms with E-state index in [1.54, 1.807) is 9.80 Å². The molecule has 0 aliphatic carbocycles. The van der Waals surface area contributed by atoms with Crippen molar-refractivity contribution in [1.29, 1.82) is 0 Å². The standard InChI is InChI=1S/C18H35N7O2.C5H8O2/c1-6-15-10-25(18(27)23(15)5)14-20-12-19-13-24(11-16(26)7-2)17(21-8-3)22-9-4;1(4-2-6-4)5-3-7-5/h15-16,26H,6-11,13-14H2,1-5H3,(H,21,22);4-5H,1-3H2. The first-order chi connectivity index (χ1) is 16.4. The quantitative estimate of drug-likeness (QED) is 0.247. The van der Waals surface area contributed by atoms with Crippen molar-refractivity contribution in [2.75, 3.05) is 59.8 Å². The molecule has 0 bridgehead atoms. The Labute approximate surface area is 203 Å². The van der Waals surface area contributed by atoms with E-state index in [0.29, 0.717) is 44.2 Å². The van der Waals surface area contributed by atoms with Gasteiger partial charge in [0, 0.05) is 39.6 Å². The molecule has 0 saturated carbocycles. The summed E-state index contributed by atoms with van der Waals surface area (Å²) < 4.78 is 9.96. The van der Waals surface area contributed by atoms with Gasteiger partial charge in [-0.3, -0.25) is 4.99 Å². The van der Waals surface area contributed by atoms with E-state index in [1.165, 1.54) is 0 Å². The van der Waals surface area contributed by atoms with Gasteiger partial charge in [-0.25, -0.2) is 14.8 Å². The molecule has 2 amide bonds. The van der Waals surface area contributed by atoms with Gasteiger partial charge in [0.25, 0.3) is 0 Å². The van der Waals surface area contributed by atoms with Gasteiger partial charge in [0.2, 0.25) is 0 Å². The molecule has 0 spiro atoms.